The normalized spacial score (nSPS) is 20.8. The second-order valence-electron chi connectivity index (χ2n) is 6.81. The van der Waals surface area contributed by atoms with Gasteiger partial charge >= 0.3 is 0 Å². The monoisotopic (exact) mass is 371 g/mol. The number of hydrogen-bond acceptors (Lipinski definition) is 3. The quantitative estimate of drug-likeness (QED) is 0.597. The zero-order chi connectivity index (χ0) is 18.2. The highest BCUT2D eigenvalue weighted by Gasteiger charge is 2.27. The van der Waals surface area contributed by atoms with Gasteiger partial charge in [0.2, 0.25) is 0 Å². The summed E-state index contributed by atoms with van der Waals surface area (Å²) < 4.78 is 6.11. The Morgan fingerprint density at radius 2 is 2.08 bits per heavy atom. The van der Waals surface area contributed by atoms with Crippen molar-refractivity contribution in [2.24, 2.45) is 10.9 Å². The molecule has 0 aliphatic carbocycles. The van der Waals surface area contributed by atoms with E-state index in [2.05, 4.69) is 64.3 Å². The van der Waals surface area contributed by atoms with Crippen molar-refractivity contribution in [1.82, 2.24) is 10.6 Å². The molecule has 1 aliphatic heterocycles. The van der Waals surface area contributed by atoms with Gasteiger partial charge in [0.15, 0.2) is 5.96 Å². The minimum atomic E-state index is 0.168. The number of rotatable bonds is 6. The zero-order valence-corrected chi connectivity index (χ0v) is 16.5. The fourth-order valence-corrected chi connectivity index (χ4v) is 4.09. The lowest BCUT2D eigenvalue weighted by Gasteiger charge is -2.32. The van der Waals surface area contributed by atoms with Crippen molar-refractivity contribution >= 4 is 17.3 Å². The molecule has 5 heteroatoms. The molecule has 0 spiro atoms. The maximum absolute atomic E-state index is 6.11. The number of thiophene rings is 1. The fraction of sp³-hybridized carbons (Fsp3) is 0.476. The lowest BCUT2D eigenvalue weighted by atomic mass is 9.89. The summed E-state index contributed by atoms with van der Waals surface area (Å²) >= 11 is 1.80. The van der Waals surface area contributed by atoms with Gasteiger partial charge in [-0.25, -0.2) is 0 Å². The Morgan fingerprint density at radius 1 is 1.23 bits per heavy atom. The lowest BCUT2D eigenvalue weighted by molar-refractivity contribution is -0.0265. The van der Waals surface area contributed by atoms with E-state index in [1.807, 2.05) is 7.05 Å². The lowest BCUT2D eigenvalue weighted by Crippen LogP contribution is -2.42. The van der Waals surface area contributed by atoms with Gasteiger partial charge in [0.05, 0.1) is 6.10 Å². The molecule has 0 amide bonds. The fourth-order valence-electron chi connectivity index (χ4n) is 3.38. The number of nitrogens with one attached hydrogen (secondary N) is 2. The molecule has 1 aromatic carbocycles. The van der Waals surface area contributed by atoms with E-state index >= 15 is 0 Å². The largest absolute Gasteiger partial charge is 0.373 e. The average molecular weight is 372 g/mol. The van der Waals surface area contributed by atoms with Crippen LogP contribution >= 0.6 is 11.3 Å². The van der Waals surface area contributed by atoms with Crippen LogP contribution in [-0.4, -0.2) is 32.7 Å². The van der Waals surface area contributed by atoms with Crippen LogP contribution < -0.4 is 10.6 Å². The van der Waals surface area contributed by atoms with Gasteiger partial charge in [0.25, 0.3) is 0 Å². The predicted octanol–water partition coefficient (Wildman–Crippen LogP) is 3.93. The molecule has 2 aromatic rings. The molecular formula is C21H29N3OS. The summed E-state index contributed by atoms with van der Waals surface area (Å²) in [7, 11) is 1.83. The van der Waals surface area contributed by atoms with E-state index in [4.69, 9.17) is 4.74 Å². The van der Waals surface area contributed by atoms with Crippen LogP contribution in [0.4, 0.5) is 0 Å². The summed E-state index contributed by atoms with van der Waals surface area (Å²) in [5, 5.41) is 9.03. The van der Waals surface area contributed by atoms with Crippen LogP contribution in [-0.2, 0) is 11.2 Å². The molecule has 2 heterocycles. The molecule has 1 fully saturated rings. The molecule has 1 aliphatic rings. The van der Waals surface area contributed by atoms with Gasteiger partial charge in [-0.05, 0) is 43.2 Å². The third-order valence-electron chi connectivity index (χ3n) is 4.85. The van der Waals surface area contributed by atoms with Gasteiger partial charge in [0, 0.05) is 37.5 Å². The second-order valence-corrected chi connectivity index (χ2v) is 7.85. The maximum Gasteiger partial charge on any atom is 0.191 e. The molecule has 3 rings (SSSR count). The van der Waals surface area contributed by atoms with Crippen molar-refractivity contribution in [2.75, 3.05) is 26.7 Å². The van der Waals surface area contributed by atoms with Crippen LogP contribution in [0.25, 0.3) is 0 Å². The van der Waals surface area contributed by atoms with E-state index in [0.717, 1.165) is 38.5 Å². The van der Waals surface area contributed by atoms with E-state index in [1.165, 1.54) is 22.4 Å². The van der Waals surface area contributed by atoms with E-state index in [-0.39, 0.29) is 6.10 Å². The first-order valence-electron chi connectivity index (χ1n) is 9.41. The molecule has 2 unspecified atom stereocenters. The van der Waals surface area contributed by atoms with Gasteiger partial charge in [-0.1, -0.05) is 35.9 Å². The number of nitrogens with zero attached hydrogens (tertiary/aromatic N) is 1. The molecule has 2 atom stereocenters. The number of aliphatic imine (C=N–C) groups is 1. The third kappa shape index (κ3) is 5.32. The highest BCUT2D eigenvalue weighted by atomic mass is 32.1. The summed E-state index contributed by atoms with van der Waals surface area (Å²) in [6.45, 7) is 4.74. The van der Waals surface area contributed by atoms with E-state index in [1.54, 1.807) is 11.3 Å². The molecule has 0 bridgehead atoms. The Labute approximate surface area is 160 Å². The van der Waals surface area contributed by atoms with Gasteiger partial charge < -0.3 is 15.4 Å². The Kier molecular flexibility index (Phi) is 7.09. The van der Waals surface area contributed by atoms with Gasteiger partial charge in [-0.15, -0.1) is 11.3 Å². The molecule has 0 saturated carbocycles. The predicted molar refractivity (Wildman–Crippen MR) is 110 cm³/mol. The summed E-state index contributed by atoms with van der Waals surface area (Å²) in [5.74, 6) is 1.33. The van der Waals surface area contributed by atoms with Crippen LogP contribution in [0, 0.1) is 12.8 Å². The van der Waals surface area contributed by atoms with E-state index < -0.39 is 0 Å². The number of benzene rings is 1. The summed E-state index contributed by atoms with van der Waals surface area (Å²) in [4.78, 5) is 5.75. The van der Waals surface area contributed by atoms with Crippen LogP contribution in [0.3, 0.4) is 0 Å². The summed E-state index contributed by atoms with van der Waals surface area (Å²) in [6.07, 6.45) is 3.49. The van der Waals surface area contributed by atoms with Gasteiger partial charge in [0.1, 0.15) is 0 Å². The number of ether oxygens (including phenoxy) is 1. The first-order valence-corrected chi connectivity index (χ1v) is 10.3. The molecule has 4 nitrogen and oxygen atoms in total. The first-order chi connectivity index (χ1) is 12.8. The average Bonchev–Trinajstić information content (AvgIpc) is 3.19. The topological polar surface area (TPSA) is 45.7 Å². The smallest absolute Gasteiger partial charge is 0.191 e. The van der Waals surface area contributed by atoms with Crippen molar-refractivity contribution in [3.8, 4) is 0 Å². The minimum absolute atomic E-state index is 0.168. The highest BCUT2D eigenvalue weighted by molar-refractivity contribution is 7.09. The van der Waals surface area contributed by atoms with E-state index in [9.17, 15) is 0 Å². The summed E-state index contributed by atoms with van der Waals surface area (Å²) in [5.41, 5.74) is 2.57. The van der Waals surface area contributed by atoms with Crippen molar-refractivity contribution in [3.05, 3.63) is 57.8 Å². The molecule has 1 saturated heterocycles. The van der Waals surface area contributed by atoms with Crippen LogP contribution in [0.15, 0.2) is 46.8 Å². The minimum Gasteiger partial charge on any atom is -0.373 e. The maximum atomic E-state index is 6.11. The zero-order valence-electron chi connectivity index (χ0n) is 15.7. The Morgan fingerprint density at radius 3 is 2.81 bits per heavy atom. The van der Waals surface area contributed by atoms with Crippen molar-refractivity contribution in [3.63, 3.8) is 0 Å². The molecule has 140 valence electrons. The molecule has 2 N–H and O–H groups in total. The SMILES string of the molecule is CN=C(NCCc1cccs1)NCC1CCCOC1c1ccc(C)cc1. The summed E-state index contributed by atoms with van der Waals surface area (Å²) in [6, 6.07) is 13.0. The molecule has 0 radical (unpaired) electrons. The number of guanidine groups is 1. The molecule has 26 heavy (non-hydrogen) atoms. The third-order valence-corrected chi connectivity index (χ3v) is 5.79. The standard InChI is InChI=1S/C21H29N3OS/c1-16-7-9-17(10-8-16)20-18(5-3-13-25-20)15-24-21(22-2)23-12-11-19-6-4-14-26-19/h4,6-10,14,18,20H,3,5,11-13,15H2,1-2H3,(H2,22,23,24). The van der Waals surface area contributed by atoms with Crippen molar-refractivity contribution in [1.29, 1.82) is 0 Å². The van der Waals surface area contributed by atoms with Gasteiger partial charge in [-0.2, -0.15) is 0 Å². The highest BCUT2D eigenvalue weighted by Crippen LogP contribution is 2.33. The Hall–Kier alpha value is -1.85. The Balaban J connectivity index is 1.51. The first kappa shape index (κ1) is 18.9. The van der Waals surface area contributed by atoms with Crippen LogP contribution in [0.1, 0.15) is 34.9 Å². The second kappa shape index (κ2) is 9.74. The van der Waals surface area contributed by atoms with Gasteiger partial charge in [-0.3, -0.25) is 4.99 Å². The Bertz CT molecular complexity index is 682. The number of aryl methyl sites for hydroxylation is 1. The number of hydrogen-bond donors (Lipinski definition) is 2. The van der Waals surface area contributed by atoms with Crippen molar-refractivity contribution in [2.45, 2.75) is 32.3 Å². The van der Waals surface area contributed by atoms with E-state index in [0.29, 0.717) is 5.92 Å². The molecular weight excluding hydrogens is 342 g/mol. The van der Waals surface area contributed by atoms with Crippen LogP contribution in [0.2, 0.25) is 0 Å². The molecule has 1 aromatic heterocycles. The van der Waals surface area contributed by atoms with Crippen molar-refractivity contribution < 1.29 is 4.74 Å². The van der Waals surface area contributed by atoms with Crippen LogP contribution in [0.5, 0.6) is 0 Å².